The molecule has 0 aliphatic heterocycles. The number of fused-ring (bicyclic) bond motifs is 1. The van der Waals surface area contributed by atoms with Crippen LogP contribution in [0.1, 0.15) is 30.4 Å². The molecule has 0 spiro atoms. The largest absolute Gasteiger partial charge is 0.417 e. The lowest BCUT2D eigenvalue weighted by Crippen LogP contribution is -2.41. The number of aromatic amines is 1. The molecule has 1 aromatic heterocycles. The zero-order valence-electron chi connectivity index (χ0n) is 16.6. The van der Waals surface area contributed by atoms with Crippen molar-refractivity contribution in [2.24, 2.45) is 0 Å². The molecule has 3 rings (SSSR count). The summed E-state index contributed by atoms with van der Waals surface area (Å²) >= 11 is 0. The standard InChI is InChI=1S/C22H27N3O3/c1-15(17-7-5-4-6-8-17)11-21(26)23-14-18(25(2)3)12-16-9-10-19-20(13-16)28-22(27)24-19/h4-10,13,15,18H,11-12,14H2,1-3H3,(H,23,26)(H,24,27)/t15-,18-/m0/s1. The van der Waals surface area contributed by atoms with E-state index in [2.05, 4.69) is 34.3 Å². The molecule has 0 bridgehead atoms. The normalized spacial score (nSPS) is 13.6. The quantitative estimate of drug-likeness (QED) is 0.629. The summed E-state index contributed by atoms with van der Waals surface area (Å²) in [6, 6.07) is 15.9. The van der Waals surface area contributed by atoms with Crippen LogP contribution in [-0.4, -0.2) is 42.5 Å². The summed E-state index contributed by atoms with van der Waals surface area (Å²) in [5, 5.41) is 3.07. The van der Waals surface area contributed by atoms with E-state index in [0.717, 1.165) is 12.0 Å². The Kier molecular flexibility index (Phi) is 6.31. The highest BCUT2D eigenvalue weighted by Crippen LogP contribution is 2.18. The number of hydrogen-bond donors (Lipinski definition) is 2. The first-order valence-corrected chi connectivity index (χ1v) is 9.52. The number of H-pyrrole nitrogens is 1. The molecule has 28 heavy (non-hydrogen) atoms. The van der Waals surface area contributed by atoms with Crippen LogP contribution in [0.5, 0.6) is 0 Å². The molecule has 6 nitrogen and oxygen atoms in total. The van der Waals surface area contributed by atoms with E-state index in [-0.39, 0.29) is 17.9 Å². The number of carbonyl (C=O) groups is 1. The number of benzene rings is 2. The van der Waals surface area contributed by atoms with Crippen molar-refractivity contribution in [2.75, 3.05) is 20.6 Å². The number of oxazole rings is 1. The van der Waals surface area contributed by atoms with Crippen molar-refractivity contribution < 1.29 is 9.21 Å². The molecule has 2 aromatic carbocycles. The molecule has 148 valence electrons. The van der Waals surface area contributed by atoms with Crippen molar-refractivity contribution in [3.63, 3.8) is 0 Å². The summed E-state index contributed by atoms with van der Waals surface area (Å²) in [5.74, 6) is -0.218. The molecule has 0 radical (unpaired) electrons. The minimum Gasteiger partial charge on any atom is -0.408 e. The molecule has 0 aliphatic carbocycles. The third kappa shape index (κ3) is 5.10. The summed E-state index contributed by atoms with van der Waals surface area (Å²) in [5.41, 5.74) is 3.48. The Morgan fingerprint density at radius 1 is 1.18 bits per heavy atom. The predicted octanol–water partition coefficient (Wildman–Crippen LogP) is 2.90. The van der Waals surface area contributed by atoms with Gasteiger partial charge < -0.3 is 14.6 Å². The highest BCUT2D eigenvalue weighted by atomic mass is 16.4. The molecule has 3 aromatic rings. The second-order valence-corrected chi connectivity index (χ2v) is 7.49. The second-order valence-electron chi connectivity index (χ2n) is 7.49. The Morgan fingerprint density at radius 2 is 1.93 bits per heavy atom. The molecule has 0 saturated heterocycles. The van der Waals surface area contributed by atoms with Crippen molar-refractivity contribution in [1.82, 2.24) is 15.2 Å². The van der Waals surface area contributed by atoms with Gasteiger partial charge in [-0.25, -0.2) is 4.79 Å². The highest BCUT2D eigenvalue weighted by molar-refractivity contribution is 5.77. The summed E-state index contributed by atoms with van der Waals surface area (Å²) in [7, 11) is 4.00. The van der Waals surface area contributed by atoms with E-state index in [4.69, 9.17) is 4.42 Å². The lowest BCUT2D eigenvalue weighted by molar-refractivity contribution is -0.121. The zero-order valence-corrected chi connectivity index (χ0v) is 16.6. The molecule has 1 amide bonds. The molecule has 2 atom stereocenters. The maximum Gasteiger partial charge on any atom is 0.417 e. The summed E-state index contributed by atoms with van der Waals surface area (Å²) in [4.78, 5) is 28.5. The van der Waals surface area contributed by atoms with Gasteiger partial charge in [0.05, 0.1) is 5.52 Å². The van der Waals surface area contributed by atoms with E-state index >= 15 is 0 Å². The van der Waals surface area contributed by atoms with Crippen LogP contribution in [0.4, 0.5) is 0 Å². The number of aromatic nitrogens is 1. The lowest BCUT2D eigenvalue weighted by Gasteiger charge is -2.25. The Bertz CT molecular complexity index is 975. The Hall–Kier alpha value is -2.86. The van der Waals surface area contributed by atoms with Gasteiger partial charge in [0.1, 0.15) is 0 Å². The number of hydrogen-bond acceptors (Lipinski definition) is 4. The van der Waals surface area contributed by atoms with Crippen molar-refractivity contribution in [3.8, 4) is 0 Å². The minimum absolute atomic E-state index is 0.0512. The van der Waals surface area contributed by atoms with Crippen LogP contribution in [0.15, 0.2) is 57.7 Å². The second kappa shape index (κ2) is 8.89. The first kappa shape index (κ1) is 19.9. The van der Waals surface area contributed by atoms with Gasteiger partial charge in [-0.1, -0.05) is 43.3 Å². The average Bonchev–Trinajstić information content (AvgIpc) is 3.04. The number of carbonyl (C=O) groups excluding carboxylic acids is 1. The van der Waals surface area contributed by atoms with Crippen LogP contribution in [0.25, 0.3) is 11.1 Å². The smallest absolute Gasteiger partial charge is 0.408 e. The third-order valence-electron chi connectivity index (χ3n) is 5.08. The molecule has 6 heteroatoms. The molecule has 0 unspecified atom stereocenters. The van der Waals surface area contributed by atoms with E-state index in [1.165, 1.54) is 5.56 Å². The molecular weight excluding hydrogens is 354 g/mol. The van der Waals surface area contributed by atoms with Crippen molar-refractivity contribution in [1.29, 1.82) is 0 Å². The van der Waals surface area contributed by atoms with Crippen LogP contribution in [0, 0.1) is 0 Å². The maximum atomic E-state index is 12.4. The SMILES string of the molecule is C[C@@H](CC(=O)NC[C@H](Cc1ccc2[nH]c(=O)oc2c1)N(C)C)c1ccccc1. The summed E-state index contributed by atoms with van der Waals surface area (Å²) in [6.07, 6.45) is 1.21. The van der Waals surface area contributed by atoms with E-state index in [1.54, 1.807) is 0 Å². The molecular formula is C22H27N3O3. The van der Waals surface area contributed by atoms with Crippen LogP contribution in [0.3, 0.4) is 0 Å². The van der Waals surface area contributed by atoms with Gasteiger partial charge in [-0.15, -0.1) is 0 Å². The summed E-state index contributed by atoms with van der Waals surface area (Å²) in [6.45, 7) is 2.63. The number of amides is 1. The molecule has 0 aliphatic rings. The number of likely N-dealkylation sites (N-methyl/N-ethyl adjacent to an activating group) is 1. The zero-order chi connectivity index (χ0) is 20.1. The first-order valence-electron chi connectivity index (χ1n) is 9.52. The predicted molar refractivity (Wildman–Crippen MR) is 110 cm³/mol. The number of nitrogens with zero attached hydrogens (tertiary/aromatic N) is 1. The number of nitrogens with one attached hydrogen (secondary N) is 2. The van der Waals surface area contributed by atoms with E-state index in [9.17, 15) is 9.59 Å². The Morgan fingerprint density at radius 3 is 2.64 bits per heavy atom. The van der Waals surface area contributed by atoms with Crippen LogP contribution >= 0.6 is 0 Å². The average molecular weight is 381 g/mol. The van der Waals surface area contributed by atoms with Gasteiger partial charge in [-0.2, -0.15) is 0 Å². The van der Waals surface area contributed by atoms with E-state index in [0.29, 0.717) is 24.1 Å². The molecule has 0 fully saturated rings. The van der Waals surface area contributed by atoms with E-state index < -0.39 is 5.76 Å². The molecule has 1 heterocycles. The monoisotopic (exact) mass is 381 g/mol. The van der Waals surface area contributed by atoms with Gasteiger partial charge in [0.15, 0.2) is 5.58 Å². The van der Waals surface area contributed by atoms with Crippen molar-refractivity contribution >= 4 is 17.0 Å². The number of rotatable bonds is 8. The fraction of sp³-hybridized carbons (Fsp3) is 0.364. The minimum atomic E-state index is -0.448. The van der Waals surface area contributed by atoms with Crippen LogP contribution < -0.4 is 11.1 Å². The fourth-order valence-electron chi connectivity index (χ4n) is 3.31. The maximum absolute atomic E-state index is 12.4. The van der Waals surface area contributed by atoms with Gasteiger partial charge in [0.2, 0.25) is 5.91 Å². The van der Waals surface area contributed by atoms with Gasteiger partial charge >= 0.3 is 5.76 Å². The topological polar surface area (TPSA) is 78.3 Å². The van der Waals surface area contributed by atoms with Gasteiger partial charge in [0.25, 0.3) is 0 Å². The van der Waals surface area contributed by atoms with Crippen LogP contribution in [0.2, 0.25) is 0 Å². The van der Waals surface area contributed by atoms with Crippen molar-refractivity contribution in [3.05, 3.63) is 70.2 Å². The lowest BCUT2D eigenvalue weighted by atomic mass is 9.97. The molecule has 2 N–H and O–H groups in total. The highest BCUT2D eigenvalue weighted by Gasteiger charge is 2.16. The Balaban J connectivity index is 1.57. The van der Waals surface area contributed by atoms with Gasteiger partial charge in [0, 0.05) is 19.0 Å². The van der Waals surface area contributed by atoms with Gasteiger partial charge in [-0.05, 0) is 49.7 Å². The molecule has 0 saturated carbocycles. The van der Waals surface area contributed by atoms with E-state index in [1.807, 2.05) is 50.5 Å². The van der Waals surface area contributed by atoms with Crippen LogP contribution in [-0.2, 0) is 11.2 Å². The fourth-order valence-corrected chi connectivity index (χ4v) is 3.31. The Labute approximate surface area is 164 Å². The third-order valence-corrected chi connectivity index (χ3v) is 5.08. The first-order chi connectivity index (χ1) is 13.4. The van der Waals surface area contributed by atoms with Gasteiger partial charge in [-0.3, -0.25) is 9.78 Å². The van der Waals surface area contributed by atoms with Crippen molar-refractivity contribution in [2.45, 2.75) is 31.7 Å². The summed E-state index contributed by atoms with van der Waals surface area (Å²) < 4.78 is 5.14.